The third-order valence-electron chi connectivity index (χ3n) is 1.64. The van der Waals surface area contributed by atoms with Crippen LogP contribution in [0, 0.1) is 9.89 Å². The van der Waals surface area contributed by atoms with Crippen LogP contribution in [0.15, 0.2) is 30.3 Å². The Morgan fingerprint density at radius 3 is 2.69 bits per heavy atom. The van der Waals surface area contributed by atoms with Crippen LogP contribution in [-0.2, 0) is 0 Å². The van der Waals surface area contributed by atoms with Crippen LogP contribution < -0.4 is 3.61 Å². The Morgan fingerprint density at radius 2 is 2.00 bits per heavy atom. The van der Waals surface area contributed by atoms with Crippen LogP contribution in [0.2, 0.25) is 0 Å². The van der Waals surface area contributed by atoms with Crippen LogP contribution in [0.5, 0.6) is 0 Å². The first-order chi connectivity index (χ1) is 6.43. The van der Waals surface area contributed by atoms with E-state index in [0.29, 0.717) is 0 Å². The second kappa shape index (κ2) is 7.02. The third-order valence-corrected chi connectivity index (χ3v) is 3.79. The van der Waals surface area contributed by atoms with Crippen molar-refractivity contribution in [1.82, 2.24) is 0 Å². The molecule has 0 aliphatic heterocycles. The second-order valence-corrected chi connectivity index (χ2v) is 5.31. The van der Waals surface area contributed by atoms with Crippen LogP contribution in [0.25, 0.3) is 0 Å². The second-order valence-electron chi connectivity index (χ2n) is 2.80. The van der Waals surface area contributed by atoms with Gasteiger partial charge in [0.15, 0.2) is 0 Å². The first-order valence-electron chi connectivity index (χ1n) is 4.63. The van der Waals surface area contributed by atoms with Crippen LogP contribution in [0.4, 0.5) is 0 Å². The van der Waals surface area contributed by atoms with E-state index in [2.05, 4.69) is 47.1 Å². The van der Waals surface area contributed by atoms with Crippen molar-refractivity contribution >= 4 is 24.5 Å². The predicted molar refractivity (Wildman–Crippen MR) is 59.1 cm³/mol. The molecular formula is C12H14Te. The van der Waals surface area contributed by atoms with Gasteiger partial charge < -0.3 is 0 Å². The fourth-order valence-electron chi connectivity index (χ4n) is 0.900. The van der Waals surface area contributed by atoms with Gasteiger partial charge >= 0.3 is 90.9 Å². The summed E-state index contributed by atoms with van der Waals surface area (Å²) in [6, 6.07) is 10.6. The van der Waals surface area contributed by atoms with E-state index in [9.17, 15) is 0 Å². The fraction of sp³-hybridized carbons (Fsp3) is 0.333. The summed E-state index contributed by atoms with van der Waals surface area (Å²) >= 11 is -0.224. The van der Waals surface area contributed by atoms with Gasteiger partial charge in [-0.25, -0.2) is 0 Å². The molecule has 0 aliphatic carbocycles. The van der Waals surface area contributed by atoms with Gasteiger partial charge in [-0.1, -0.05) is 0 Å². The van der Waals surface area contributed by atoms with Gasteiger partial charge in [0.25, 0.3) is 0 Å². The maximum absolute atomic E-state index is 3.32. The molecule has 0 unspecified atom stereocenters. The van der Waals surface area contributed by atoms with E-state index in [1.807, 2.05) is 0 Å². The van der Waals surface area contributed by atoms with E-state index in [4.69, 9.17) is 0 Å². The molecule has 0 radical (unpaired) electrons. The van der Waals surface area contributed by atoms with Crippen molar-refractivity contribution in [2.75, 3.05) is 0 Å². The molecule has 0 aromatic heterocycles. The van der Waals surface area contributed by atoms with Crippen molar-refractivity contribution in [2.24, 2.45) is 0 Å². The number of unbranched alkanes of at least 4 members (excludes halogenated alkanes) is 2. The molecule has 0 atom stereocenters. The SMILES string of the molecule is CCCCC#C[Te]c1ccccc1. The van der Waals surface area contributed by atoms with Gasteiger partial charge in [-0.2, -0.15) is 0 Å². The molecule has 13 heavy (non-hydrogen) atoms. The summed E-state index contributed by atoms with van der Waals surface area (Å²) in [5, 5.41) is 0. The summed E-state index contributed by atoms with van der Waals surface area (Å²) in [6.45, 7) is 2.20. The van der Waals surface area contributed by atoms with E-state index < -0.39 is 0 Å². The van der Waals surface area contributed by atoms with Crippen LogP contribution in [-0.4, -0.2) is 20.9 Å². The van der Waals surface area contributed by atoms with E-state index >= 15 is 0 Å². The molecule has 0 bridgehead atoms. The van der Waals surface area contributed by atoms with Crippen molar-refractivity contribution in [1.29, 1.82) is 0 Å². The van der Waals surface area contributed by atoms with Crippen LogP contribution in [0.1, 0.15) is 26.2 Å². The standard InChI is InChI=1S/C12H14Te/c1-2-3-4-8-11-13-12-9-6-5-7-10-12/h5-7,9-10H,2-4H2,1H3. The number of benzene rings is 1. The van der Waals surface area contributed by atoms with Gasteiger partial charge in [-0.15, -0.1) is 0 Å². The van der Waals surface area contributed by atoms with Gasteiger partial charge in [0.05, 0.1) is 0 Å². The summed E-state index contributed by atoms with van der Waals surface area (Å²) in [4.78, 5) is 0. The monoisotopic (exact) mass is 288 g/mol. The fourth-order valence-corrected chi connectivity index (χ4v) is 2.57. The number of hydrogen-bond donors (Lipinski definition) is 0. The normalized spacial score (nSPS) is 9.00. The van der Waals surface area contributed by atoms with Gasteiger partial charge in [-0.05, 0) is 0 Å². The van der Waals surface area contributed by atoms with Crippen molar-refractivity contribution in [3.8, 4) is 9.89 Å². The van der Waals surface area contributed by atoms with Gasteiger partial charge in [0.1, 0.15) is 0 Å². The molecule has 0 fully saturated rings. The van der Waals surface area contributed by atoms with E-state index in [1.54, 1.807) is 0 Å². The minimum atomic E-state index is -0.224. The van der Waals surface area contributed by atoms with Crippen LogP contribution >= 0.6 is 0 Å². The van der Waals surface area contributed by atoms with Gasteiger partial charge in [-0.3, -0.25) is 0 Å². The average molecular weight is 286 g/mol. The molecule has 0 saturated carbocycles. The molecule has 68 valence electrons. The minimum absolute atomic E-state index is 0.224. The molecule has 0 nitrogen and oxygen atoms in total. The molecule has 0 heterocycles. The zero-order chi connectivity index (χ0) is 9.36. The summed E-state index contributed by atoms with van der Waals surface area (Å²) in [7, 11) is 0. The maximum atomic E-state index is 3.32. The van der Waals surface area contributed by atoms with Crippen molar-refractivity contribution in [2.45, 2.75) is 26.2 Å². The number of rotatable bonds is 3. The van der Waals surface area contributed by atoms with Crippen molar-refractivity contribution < 1.29 is 0 Å². The molecule has 1 heteroatoms. The Bertz CT molecular complexity index is 279. The molecule has 0 saturated heterocycles. The summed E-state index contributed by atoms with van der Waals surface area (Å²) in [5.74, 6) is 3.24. The first-order valence-corrected chi connectivity index (χ1v) is 6.96. The molecule has 1 aromatic rings. The Hall–Kier alpha value is -0.430. The summed E-state index contributed by atoms with van der Waals surface area (Å²) in [5.41, 5.74) is 0. The average Bonchev–Trinajstić information content (AvgIpc) is 2.19. The van der Waals surface area contributed by atoms with E-state index in [-0.39, 0.29) is 20.9 Å². The summed E-state index contributed by atoms with van der Waals surface area (Å²) < 4.78 is 4.76. The number of hydrogen-bond acceptors (Lipinski definition) is 0. The first kappa shape index (κ1) is 10.6. The zero-order valence-electron chi connectivity index (χ0n) is 7.92. The van der Waals surface area contributed by atoms with Crippen molar-refractivity contribution in [3.05, 3.63) is 30.3 Å². The Kier molecular flexibility index (Phi) is 5.75. The molecule has 1 aromatic carbocycles. The zero-order valence-corrected chi connectivity index (χ0v) is 10.2. The van der Waals surface area contributed by atoms with E-state index in [1.165, 1.54) is 16.5 Å². The molecular weight excluding hydrogens is 272 g/mol. The van der Waals surface area contributed by atoms with Crippen molar-refractivity contribution in [3.63, 3.8) is 0 Å². The quantitative estimate of drug-likeness (QED) is 0.454. The van der Waals surface area contributed by atoms with E-state index in [0.717, 1.165) is 6.42 Å². The van der Waals surface area contributed by atoms with Crippen LogP contribution in [0.3, 0.4) is 0 Å². The predicted octanol–water partition coefficient (Wildman–Crippen LogP) is 2.17. The van der Waals surface area contributed by atoms with Gasteiger partial charge in [0.2, 0.25) is 0 Å². The molecule has 0 amide bonds. The topological polar surface area (TPSA) is 0 Å². The molecule has 1 rings (SSSR count). The Morgan fingerprint density at radius 1 is 1.23 bits per heavy atom. The Balaban J connectivity index is 2.29. The molecule has 0 aliphatic rings. The van der Waals surface area contributed by atoms with Gasteiger partial charge in [0, 0.05) is 0 Å². The molecule has 0 spiro atoms. The molecule has 0 N–H and O–H groups in total. The summed E-state index contributed by atoms with van der Waals surface area (Å²) in [6.07, 6.45) is 3.57. The Labute approximate surface area is 90.8 Å². The third kappa shape index (κ3) is 4.99.